The number of halogens is 2. The maximum atomic E-state index is 13.4. The largest absolute Gasteiger partial charge is 0.478 e. The van der Waals surface area contributed by atoms with Crippen molar-refractivity contribution in [3.63, 3.8) is 0 Å². The van der Waals surface area contributed by atoms with Gasteiger partial charge in [-0.15, -0.1) is 11.3 Å². The zero-order valence-corrected chi connectivity index (χ0v) is 11.3. The number of hydrogen-bond donors (Lipinski definition) is 3. The van der Waals surface area contributed by atoms with Gasteiger partial charge < -0.3 is 10.4 Å². The zero-order chi connectivity index (χ0) is 15.4. The number of carbonyl (C=O) groups excluding carboxylic acids is 1. The van der Waals surface area contributed by atoms with Crippen LogP contribution < -0.4 is 10.6 Å². The van der Waals surface area contributed by atoms with Crippen LogP contribution in [0.1, 0.15) is 15.9 Å². The van der Waals surface area contributed by atoms with Crippen molar-refractivity contribution in [2.24, 2.45) is 0 Å². The van der Waals surface area contributed by atoms with Gasteiger partial charge in [-0.1, -0.05) is 6.07 Å². The van der Waals surface area contributed by atoms with Gasteiger partial charge in [-0.25, -0.2) is 18.4 Å². The molecule has 3 N–H and O–H groups in total. The summed E-state index contributed by atoms with van der Waals surface area (Å²) in [5.41, 5.74) is 0.0966. The third-order valence-corrected chi connectivity index (χ3v) is 3.41. The Bertz CT molecular complexity index is 688. The van der Waals surface area contributed by atoms with Crippen LogP contribution in [-0.2, 0) is 6.54 Å². The Kier molecular flexibility index (Phi) is 4.49. The van der Waals surface area contributed by atoms with E-state index in [4.69, 9.17) is 5.11 Å². The zero-order valence-electron chi connectivity index (χ0n) is 10.5. The van der Waals surface area contributed by atoms with Crippen LogP contribution in [0.3, 0.4) is 0 Å². The molecular formula is C13H10F2N2O3S. The highest BCUT2D eigenvalue weighted by atomic mass is 32.1. The van der Waals surface area contributed by atoms with Crippen molar-refractivity contribution in [2.45, 2.75) is 6.54 Å². The van der Waals surface area contributed by atoms with Crippen molar-refractivity contribution in [3.05, 3.63) is 52.4 Å². The maximum Gasteiger partial charge on any atom is 0.338 e. The van der Waals surface area contributed by atoms with Gasteiger partial charge in [0, 0.05) is 18.2 Å². The number of thiophene rings is 1. The first-order valence-corrected chi connectivity index (χ1v) is 6.65. The highest BCUT2D eigenvalue weighted by molar-refractivity contribution is 7.14. The first-order valence-electron chi connectivity index (χ1n) is 5.77. The second-order valence-corrected chi connectivity index (χ2v) is 4.93. The fourth-order valence-corrected chi connectivity index (χ4v) is 2.34. The smallest absolute Gasteiger partial charge is 0.338 e. The van der Waals surface area contributed by atoms with E-state index in [2.05, 4.69) is 10.6 Å². The Morgan fingerprint density at radius 1 is 1.24 bits per heavy atom. The first kappa shape index (κ1) is 14.9. The number of nitrogens with one attached hydrogen (secondary N) is 2. The molecule has 0 aliphatic heterocycles. The van der Waals surface area contributed by atoms with Crippen LogP contribution in [0.5, 0.6) is 0 Å². The van der Waals surface area contributed by atoms with Gasteiger partial charge in [0.15, 0.2) is 0 Å². The van der Waals surface area contributed by atoms with Gasteiger partial charge in [-0.05, 0) is 17.5 Å². The number of carboxylic acid groups (broad SMARTS) is 1. The van der Waals surface area contributed by atoms with Gasteiger partial charge in [-0.3, -0.25) is 5.32 Å². The summed E-state index contributed by atoms with van der Waals surface area (Å²) in [4.78, 5) is 22.5. The lowest BCUT2D eigenvalue weighted by Gasteiger charge is -2.08. The molecule has 5 nitrogen and oxygen atoms in total. The van der Waals surface area contributed by atoms with Gasteiger partial charge in [0.05, 0.1) is 5.56 Å². The Morgan fingerprint density at radius 2 is 2.00 bits per heavy atom. The van der Waals surface area contributed by atoms with Crippen LogP contribution in [-0.4, -0.2) is 17.1 Å². The minimum atomic E-state index is -1.16. The molecule has 2 amide bonds. The number of anilines is 1. The normalized spacial score (nSPS) is 10.2. The van der Waals surface area contributed by atoms with Crippen LogP contribution >= 0.6 is 11.3 Å². The van der Waals surface area contributed by atoms with E-state index in [0.717, 1.165) is 23.5 Å². The molecule has 2 rings (SSSR count). The number of aromatic carboxylic acids is 1. The second kappa shape index (κ2) is 6.31. The van der Waals surface area contributed by atoms with Crippen molar-refractivity contribution in [1.29, 1.82) is 0 Å². The van der Waals surface area contributed by atoms with Crippen LogP contribution in [0.4, 0.5) is 18.6 Å². The summed E-state index contributed by atoms with van der Waals surface area (Å²) in [6, 6.07) is 3.71. The molecule has 0 bridgehead atoms. The van der Waals surface area contributed by atoms with Gasteiger partial charge in [-0.2, -0.15) is 0 Å². The number of rotatable bonds is 4. The quantitative estimate of drug-likeness (QED) is 0.812. The molecule has 0 saturated heterocycles. The van der Waals surface area contributed by atoms with Gasteiger partial charge in [0.1, 0.15) is 16.6 Å². The minimum Gasteiger partial charge on any atom is -0.478 e. The van der Waals surface area contributed by atoms with E-state index in [1.807, 2.05) is 0 Å². The highest BCUT2D eigenvalue weighted by Crippen LogP contribution is 2.22. The van der Waals surface area contributed by atoms with E-state index in [0.29, 0.717) is 0 Å². The average molecular weight is 312 g/mol. The standard InChI is InChI=1S/C13H10F2N2O3S/c14-8-2-1-7(10(15)5-8)6-16-13(20)17-11-9(12(18)19)3-4-21-11/h1-5H,6H2,(H,18,19)(H2,16,17,20). The molecule has 8 heteroatoms. The van der Waals surface area contributed by atoms with E-state index >= 15 is 0 Å². The Labute approximate surface area is 122 Å². The van der Waals surface area contributed by atoms with Crippen LogP contribution in [0, 0.1) is 11.6 Å². The number of carboxylic acids is 1. The molecule has 1 aromatic carbocycles. The predicted octanol–water partition coefficient (Wildman–Crippen LogP) is 3.05. The summed E-state index contributed by atoms with van der Waals surface area (Å²) in [5.74, 6) is -2.63. The van der Waals surface area contributed by atoms with Crippen molar-refractivity contribution in [3.8, 4) is 0 Å². The molecular weight excluding hydrogens is 302 g/mol. The van der Waals surface area contributed by atoms with Gasteiger partial charge in [0.25, 0.3) is 0 Å². The molecule has 0 atom stereocenters. The minimum absolute atomic E-state index is 0.0249. The summed E-state index contributed by atoms with van der Waals surface area (Å²) in [6.45, 7) is -0.147. The summed E-state index contributed by atoms with van der Waals surface area (Å²) in [5, 5.41) is 15.3. The van der Waals surface area contributed by atoms with Crippen molar-refractivity contribution in [2.75, 3.05) is 5.32 Å². The number of urea groups is 1. The number of benzene rings is 1. The number of amides is 2. The molecule has 1 heterocycles. The Morgan fingerprint density at radius 3 is 2.67 bits per heavy atom. The first-order chi connectivity index (χ1) is 9.97. The molecule has 0 aliphatic carbocycles. The summed E-state index contributed by atoms with van der Waals surface area (Å²) in [7, 11) is 0. The fourth-order valence-electron chi connectivity index (χ4n) is 1.56. The SMILES string of the molecule is O=C(NCc1ccc(F)cc1F)Nc1sccc1C(=O)O. The fraction of sp³-hybridized carbons (Fsp3) is 0.0769. The molecule has 0 radical (unpaired) electrons. The lowest BCUT2D eigenvalue weighted by molar-refractivity contribution is 0.0698. The van der Waals surface area contributed by atoms with Crippen molar-refractivity contribution < 1.29 is 23.5 Å². The third-order valence-electron chi connectivity index (χ3n) is 2.58. The summed E-state index contributed by atoms with van der Waals surface area (Å²) >= 11 is 1.06. The Hall–Kier alpha value is -2.48. The van der Waals surface area contributed by atoms with Crippen LogP contribution in [0.15, 0.2) is 29.6 Å². The molecule has 0 unspecified atom stereocenters. The second-order valence-electron chi connectivity index (χ2n) is 4.01. The molecule has 0 fully saturated rings. The van der Waals surface area contributed by atoms with Crippen LogP contribution in [0.25, 0.3) is 0 Å². The highest BCUT2D eigenvalue weighted by Gasteiger charge is 2.14. The molecule has 2 aromatic rings. The van der Waals surface area contributed by atoms with E-state index in [1.54, 1.807) is 0 Å². The van der Waals surface area contributed by atoms with Gasteiger partial charge in [0.2, 0.25) is 0 Å². The third kappa shape index (κ3) is 3.76. The van der Waals surface area contributed by atoms with E-state index in [-0.39, 0.29) is 22.7 Å². The van der Waals surface area contributed by atoms with Crippen molar-refractivity contribution >= 4 is 28.3 Å². The lowest BCUT2D eigenvalue weighted by Crippen LogP contribution is -2.28. The molecule has 0 saturated carbocycles. The monoisotopic (exact) mass is 312 g/mol. The Balaban J connectivity index is 1.96. The van der Waals surface area contributed by atoms with E-state index < -0.39 is 23.6 Å². The molecule has 0 spiro atoms. The van der Waals surface area contributed by atoms with Gasteiger partial charge >= 0.3 is 12.0 Å². The maximum absolute atomic E-state index is 13.4. The summed E-state index contributed by atoms with van der Waals surface area (Å²) in [6.07, 6.45) is 0. The molecule has 110 valence electrons. The number of hydrogen-bond acceptors (Lipinski definition) is 3. The average Bonchev–Trinajstić information content (AvgIpc) is 2.86. The molecule has 1 aromatic heterocycles. The number of carbonyl (C=O) groups is 2. The van der Waals surface area contributed by atoms with Crippen molar-refractivity contribution in [1.82, 2.24) is 5.32 Å². The van der Waals surface area contributed by atoms with Crippen LogP contribution in [0.2, 0.25) is 0 Å². The summed E-state index contributed by atoms with van der Waals surface area (Å²) < 4.78 is 26.1. The lowest BCUT2D eigenvalue weighted by atomic mass is 10.2. The van der Waals surface area contributed by atoms with E-state index in [9.17, 15) is 18.4 Å². The molecule has 21 heavy (non-hydrogen) atoms. The molecule has 0 aliphatic rings. The van der Waals surface area contributed by atoms with E-state index in [1.165, 1.54) is 17.5 Å². The predicted molar refractivity (Wildman–Crippen MR) is 73.5 cm³/mol. The topological polar surface area (TPSA) is 78.4 Å².